The smallest absolute Gasteiger partial charge is 0.134 e. The Morgan fingerprint density at radius 3 is 2.87 bits per heavy atom. The lowest BCUT2D eigenvalue weighted by Gasteiger charge is -2.35. The molecule has 0 bridgehead atoms. The third-order valence-corrected chi connectivity index (χ3v) is 2.56. The van der Waals surface area contributed by atoms with E-state index in [0.29, 0.717) is 6.61 Å². The Balaban J connectivity index is 2.08. The van der Waals surface area contributed by atoms with Gasteiger partial charge in [0.25, 0.3) is 0 Å². The van der Waals surface area contributed by atoms with Crippen LogP contribution in [0, 0.1) is 11.2 Å². The van der Waals surface area contributed by atoms with Gasteiger partial charge in [0.15, 0.2) is 0 Å². The van der Waals surface area contributed by atoms with Crippen LogP contribution in [0.1, 0.15) is 25.6 Å². The Morgan fingerprint density at radius 2 is 2.27 bits per heavy atom. The molecule has 0 radical (unpaired) electrons. The molecule has 15 heavy (non-hydrogen) atoms. The van der Waals surface area contributed by atoms with Crippen LogP contribution >= 0.6 is 0 Å². The molecule has 1 N–H and O–H groups in total. The van der Waals surface area contributed by atoms with E-state index in [9.17, 15) is 4.39 Å². The van der Waals surface area contributed by atoms with E-state index in [-0.39, 0.29) is 17.5 Å². The summed E-state index contributed by atoms with van der Waals surface area (Å²) in [5, 5.41) is 3.26. The third kappa shape index (κ3) is 2.55. The first-order valence-electron chi connectivity index (χ1n) is 5.17. The summed E-state index contributed by atoms with van der Waals surface area (Å²) >= 11 is 0. The van der Waals surface area contributed by atoms with Crippen LogP contribution in [0.2, 0.25) is 0 Å². The summed E-state index contributed by atoms with van der Waals surface area (Å²) in [6, 6.07) is 6.53. The van der Waals surface area contributed by atoms with Crippen molar-refractivity contribution < 1.29 is 9.13 Å². The number of hydrogen-bond donors (Lipinski definition) is 1. The van der Waals surface area contributed by atoms with E-state index in [0.717, 1.165) is 12.1 Å². The molecule has 1 fully saturated rings. The van der Waals surface area contributed by atoms with Crippen molar-refractivity contribution in [2.45, 2.75) is 20.1 Å². The van der Waals surface area contributed by atoms with Gasteiger partial charge in [0.05, 0.1) is 6.61 Å². The Hall–Kier alpha value is -0.930. The number of hydrogen-bond acceptors (Lipinski definition) is 2. The molecule has 2 rings (SSSR count). The molecule has 1 atom stereocenters. The number of nitrogens with one attached hydrogen (secondary N) is 1. The van der Waals surface area contributed by atoms with Crippen LogP contribution in [-0.2, 0) is 4.74 Å². The molecule has 0 amide bonds. The maximum Gasteiger partial charge on any atom is 0.134 e. The molecule has 1 heterocycles. The van der Waals surface area contributed by atoms with Crippen molar-refractivity contribution in [1.29, 1.82) is 0 Å². The zero-order chi connectivity index (χ0) is 10.9. The van der Waals surface area contributed by atoms with E-state index in [1.54, 1.807) is 6.07 Å². The lowest BCUT2D eigenvalue weighted by atomic mass is 9.93. The van der Waals surface area contributed by atoms with Crippen molar-refractivity contribution in [3.63, 3.8) is 0 Å². The minimum atomic E-state index is -0.220. The highest BCUT2D eigenvalue weighted by atomic mass is 19.1. The number of benzene rings is 1. The molecule has 1 aliphatic rings. The highest BCUT2D eigenvalue weighted by Gasteiger charge is 2.27. The molecular formula is C12H16FNO. The second-order valence-corrected chi connectivity index (χ2v) is 4.79. The van der Waals surface area contributed by atoms with Crippen molar-refractivity contribution in [3.8, 4) is 0 Å². The van der Waals surface area contributed by atoms with Gasteiger partial charge in [0.2, 0.25) is 0 Å². The molecular weight excluding hydrogens is 193 g/mol. The van der Waals surface area contributed by atoms with Crippen LogP contribution < -0.4 is 5.32 Å². The van der Waals surface area contributed by atoms with Crippen molar-refractivity contribution in [1.82, 2.24) is 5.32 Å². The lowest BCUT2D eigenvalue weighted by molar-refractivity contribution is -0.0596. The molecule has 1 aromatic rings. The number of ether oxygens (including phenoxy) is 1. The fraction of sp³-hybridized carbons (Fsp3) is 0.500. The summed E-state index contributed by atoms with van der Waals surface area (Å²) in [5.41, 5.74) is 1.01. The largest absolute Gasteiger partial charge is 0.358 e. The van der Waals surface area contributed by atoms with Gasteiger partial charge in [0, 0.05) is 12.0 Å². The number of rotatable bonds is 1. The quantitative estimate of drug-likeness (QED) is 0.767. The summed E-state index contributed by atoms with van der Waals surface area (Å²) in [4.78, 5) is 0. The molecule has 1 saturated heterocycles. The summed E-state index contributed by atoms with van der Waals surface area (Å²) in [6.07, 6.45) is -0.172. The third-order valence-electron chi connectivity index (χ3n) is 2.56. The van der Waals surface area contributed by atoms with E-state index < -0.39 is 0 Å². The fourth-order valence-corrected chi connectivity index (χ4v) is 1.67. The van der Waals surface area contributed by atoms with Crippen LogP contribution in [-0.4, -0.2) is 13.2 Å². The highest BCUT2D eigenvalue weighted by molar-refractivity contribution is 5.19. The molecule has 3 heteroatoms. The highest BCUT2D eigenvalue weighted by Crippen LogP contribution is 2.26. The molecule has 0 aromatic heterocycles. The van der Waals surface area contributed by atoms with Gasteiger partial charge < -0.3 is 4.74 Å². The molecule has 1 aliphatic heterocycles. The Morgan fingerprint density at radius 1 is 1.47 bits per heavy atom. The lowest BCUT2D eigenvalue weighted by Crippen LogP contribution is -2.43. The van der Waals surface area contributed by atoms with Crippen molar-refractivity contribution in [3.05, 3.63) is 35.6 Å². The maximum absolute atomic E-state index is 13.0. The number of halogens is 1. The summed E-state index contributed by atoms with van der Waals surface area (Å²) in [5.74, 6) is -0.220. The molecule has 82 valence electrons. The predicted molar refractivity (Wildman–Crippen MR) is 56.9 cm³/mol. The summed E-state index contributed by atoms with van der Waals surface area (Å²) in [6.45, 7) is 5.86. The van der Waals surface area contributed by atoms with Crippen molar-refractivity contribution in [2.75, 3.05) is 13.2 Å². The van der Waals surface area contributed by atoms with Crippen LogP contribution in [0.25, 0.3) is 0 Å². The topological polar surface area (TPSA) is 21.3 Å². The van der Waals surface area contributed by atoms with Crippen LogP contribution in [0.5, 0.6) is 0 Å². The first kappa shape index (κ1) is 10.6. The van der Waals surface area contributed by atoms with Crippen LogP contribution in [0.3, 0.4) is 0 Å². The van der Waals surface area contributed by atoms with Gasteiger partial charge in [-0.15, -0.1) is 0 Å². The predicted octanol–water partition coefficient (Wildman–Crippen LogP) is 2.47. The minimum Gasteiger partial charge on any atom is -0.358 e. The second-order valence-electron chi connectivity index (χ2n) is 4.79. The molecule has 0 aliphatic carbocycles. The summed E-state index contributed by atoms with van der Waals surface area (Å²) < 4.78 is 18.6. The van der Waals surface area contributed by atoms with Crippen LogP contribution in [0.4, 0.5) is 4.39 Å². The first-order chi connectivity index (χ1) is 7.07. The minimum absolute atomic E-state index is 0.157. The average Bonchev–Trinajstić information content (AvgIpc) is 2.17. The van der Waals surface area contributed by atoms with Gasteiger partial charge in [-0.2, -0.15) is 0 Å². The normalized spacial score (nSPS) is 25.1. The standard InChI is InChI=1S/C12H16FNO/c1-12(2)7-14-11(15-8-12)9-4-3-5-10(13)6-9/h3-6,11,14H,7-8H2,1-2H3. The Bertz CT molecular complexity index is 341. The molecule has 0 spiro atoms. The van der Waals surface area contributed by atoms with Gasteiger partial charge >= 0.3 is 0 Å². The summed E-state index contributed by atoms with van der Waals surface area (Å²) in [7, 11) is 0. The second kappa shape index (κ2) is 3.91. The zero-order valence-corrected chi connectivity index (χ0v) is 9.09. The van der Waals surface area contributed by atoms with Gasteiger partial charge in [-0.1, -0.05) is 26.0 Å². The molecule has 2 nitrogen and oxygen atoms in total. The first-order valence-corrected chi connectivity index (χ1v) is 5.17. The Kier molecular flexibility index (Phi) is 2.76. The van der Waals surface area contributed by atoms with Gasteiger partial charge in [-0.05, 0) is 17.7 Å². The van der Waals surface area contributed by atoms with Crippen LogP contribution in [0.15, 0.2) is 24.3 Å². The fourth-order valence-electron chi connectivity index (χ4n) is 1.67. The van der Waals surface area contributed by atoms with Gasteiger partial charge in [-0.3, -0.25) is 5.32 Å². The molecule has 1 aromatic carbocycles. The SMILES string of the molecule is CC1(C)CNC(c2cccc(F)c2)OC1. The molecule has 1 unspecified atom stereocenters. The van der Waals surface area contributed by atoms with Gasteiger partial charge in [0.1, 0.15) is 12.0 Å². The van der Waals surface area contributed by atoms with E-state index in [1.807, 2.05) is 6.07 Å². The van der Waals surface area contributed by atoms with Gasteiger partial charge in [-0.25, -0.2) is 4.39 Å². The van der Waals surface area contributed by atoms with Crippen molar-refractivity contribution in [2.24, 2.45) is 5.41 Å². The maximum atomic E-state index is 13.0. The van der Waals surface area contributed by atoms with E-state index in [1.165, 1.54) is 12.1 Å². The van der Waals surface area contributed by atoms with Crippen molar-refractivity contribution >= 4 is 0 Å². The van der Waals surface area contributed by atoms with E-state index in [4.69, 9.17) is 4.74 Å². The Labute approximate surface area is 89.4 Å². The monoisotopic (exact) mass is 209 g/mol. The average molecular weight is 209 g/mol. The zero-order valence-electron chi connectivity index (χ0n) is 9.09. The molecule has 0 saturated carbocycles. The van der Waals surface area contributed by atoms with E-state index in [2.05, 4.69) is 19.2 Å². The van der Waals surface area contributed by atoms with E-state index >= 15 is 0 Å².